The van der Waals surface area contributed by atoms with Crippen molar-refractivity contribution in [2.45, 2.75) is 0 Å². The van der Waals surface area contributed by atoms with Crippen molar-refractivity contribution in [3.63, 3.8) is 0 Å². The molecule has 0 aromatic heterocycles. The topological polar surface area (TPSA) is 0 Å². The van der Waals surface area contributed by atoms with Gasteiger partial charge in [-0.25, -0.2) is 0 Å². The number of halogens is 1. The molecule has 1 rings (SSSR count). The Hall–Kier alpha value is 0.612. The minimum atomic E-state index is 0. The Morgan fingerprint density at radius 1 is 1.25 bits per heavy atom. The molecule has 0 spiro atoms. The maximum absolute atomic E-state index is 2.93. The fourth-order valence-corrected chi connectivity index (χ4v) is 0.726. The van der Waals surface area contributed by atoms with E-state index in [0.29, 0.717) is 0 Å². The van der Waals surface area contributed by atoms with Crippen LogP contribution in [0.1, 0.15) is 0 Å². The molecule has 0 heterocycles. The average molecular weight is 309 g/mol. The predicted octanol–water partition coefficient (Wildman–Crippen LogP) is 2.09. The van der Waals surface area contributed by atoms with Crippen molar-refractivity contribution in [1.29, 1.82) is 0 Å². The Morgan fingerprint density at radius 2 is 1.75 bits per heavy atom. The molecule has 46 valence electrons. The second-order valence-corrected chi connectivity index (χ2v) is 2.46. The fourth-order valence-electron chi connectivity index (χ4n) is 0.367. The van der Waals surface area contributed by atoms with Gasteiger partial charge in [0.25, 0.3) is 0 Å². The van der Waals surface area contributed by atoms with Gasteiger partial charge in [0, 0.05) is 20.4 Å². The van der Waals surface area contributed by atoms with Gasteiger partial charge < -0.3 is 0 Å². The van der Waals surface area contributed by atoms with Crippen molar-refractivity contribution >= 4 is 22.6 Å². The summed E-state index contributed by atoms with van der Waals surface area (Å²) in [5.74, 6) is 0. The summed E-state index contributed by atoms with van der Waals surface area (Å²) in [5, 5.41) is 0. The third-order valence-electron chi connectivity index (χ3n) is 0.678. The molecule has 8 heavy (non-hydrogen) atoms. The first-order chi connectivity index (χ1) is 3.39. The van der Waals surface area contributed by atoms with Crippen molar-refractivity contribution < 1.29 is 20.4 Å². The zero-order valence-electron chi connectivity index (χ0n) is 4.00. The molecule has 2 heteroatoms. The summed E-state index contributed by atoms with van der Waals surface area (Å²) in [6, 6.07) is 10.8. The van der Waals surface area contributed by atoms with Gasteiger partial charge in [0.1, 0.15) is 0 Å². The van der Waals surface area contributed by atoms with Crippen LogP contribution in [0.3, 0.4) is 0 Å². The van der Waals surface area contributed by atoms with E-state index < -0.39 is 0 Å². The van der Waals surface area contributed by atoms with Gasteiger partial charge in [0.2, 0.25) is 0 Å². The van der Waals surface area contributed by atoms with Crippen LogP contribution >= 0.6 is 22.6 Å². The van der Waals surface area contributed by atoms with E-state index in [1.54, 1.807) is 0 Å². The SMILES string of the molecule is Ic1cc[c-]cc1.[Pd]. The first kappa shape index (κ1) is 8.61. The Morgan fingerprint density at radius 3 is 2.00 bits per heavy atom. The van der Waals surface area contributed by atoms with Crippen LogP contribution in [0.25, 0.3) is 0 Å². The Kier molecular flexibility index (Phi) is 4.83. The molecule has 0 bridgehead atoms. The van der Waals surface area contributed by atoms with Gasteiger partial charge in [-0.05, 0) is 0 Å². The number of benzene rings is 1. The van der Waals surface area contributed by atoms with Crippen LogP contribution in [-0.4, -0.2) is 0 Å². The molecule has 0 fully saturated rings. The van der Waals surface area contributed by atoms with Gasteiger partial charge in [-0.1, -0.05) is 26.2 Å². The third kappa shape index (κ3) is 2.81. The van der Waals surface area contributed by atoms with Crippen molar-refractivity contribution in [2.24, 2.45) is 0 Å². The molecule has 1 aromatic rings. The maximum Gasteiger partial charge on any atom is 0 e. The molecular formula is C6H4IPd-. The zero-order chi connectivity index (χ0) is 5.11. The van der Waals surface area contributed by atoms with E-state index in [2.05, 4.69) is 28.7 Å². The van der Waals surface area contributed by atoms with Gasteiger partial charge in [-0.15, -0.1) is 0 Å². The smallest absolute Gasteiger partial charge is 0 e. The molecule has 0 N–H and O–H groups in total. The third-order valence-corrected chi connectivity index (χ3v) is 1.40. The molecule has 0 saturated carbocycles. The van der Waals surface area contributed by atoms with E-state index in [9.17, 15) is 0 Å². The van der Waals surface area contributed by atoms with Crippen LogP contribution < -0.4 is 0 Å². The van der Waals surface area contributed by atoms with Gasteiger partial charge in [0.05, 0.1) is 0 Å². The standard InChI is InChI=1S/C6H4I.Pd/c7-6-4-2-1-3-5-6;/h2-5H;/q-1;. The van der Waals surface area contributed by atoms with Crippen molar-refractivity contribution in [3.8, 4) is 0 Å². The van der Waals surface area contributed by atoms with Crippen LogP contribution in [0.5, 0.6) is 0 Å². The quantitative estimate of drug-likeness (QED) is 0.391. The van der Waals surface area contributed by atoms with Crippen LogP contribution in [-0.2, 0) is 20.4 Å². The monoisotopic (exact) mass is 309 g/mol. The molecule has 0 saturated heterocycles. The van der Waals surface area contributed by atoms with Crippen LogP contribution in [0.4, 0.5) is 0 Å². The normalized spacial score (nSPS) is 7.62. The predicted molar refractivity (Wildman–Crippen MR) is 38.0 cm³/mol. The molecule has 0 radical (unpaired) electrons. The molecule has 0 aliphatic heterocycles. The number of rotatable bonds is 0. The van der Waals surface area contributed by atoms with Crippen LogP contribution in [0.15, 0.2) is 24.3 Å². The zero-order valence-corrected chi connectivity index (χ0v) is 7.72. The molecule has 0 aliphatic carbocycles. The Labute approximate surface area is 76.5 Å². The van der Waals surface area contributed by atoms with Crippen LogP contribution in [0, 0.1) is 9.64 Å². The first-order valence-electron chi connectivity index (χ1n) is 2.01. The summed E-state index contributed by atoms with van der Waals surface area (Å²) in [4.78, 5) is 0. The Balaban J connectivity index is 0.000000490. The van der Waals surface area contributed by atoms with Gasteiger partial charge in [-0.2, -0.15) is 30.3 Å². The maximum atomic E-state index is 2.93. The second-order valence-electron chi connectivity index (χ2n) is 1.22. The van der Waals surface area contributed by atoms with Crippen molar-refractivity contribution in [1.82, 2.24) is 0 Å². The summed E-state index contributed by atoms with van der Waals surface area (Å²) < 4.78 is 1.26. The van der Waals surface area contributed by atoms with E-state index >= 15 is 0 Å². The van der Waals surface area contributed by atoms with E-state index in [1.807, 2.05) is 24.3 Å². The van der Waals surface area contributed by atoms with Crippen molar-refractivity contribution in [3.05, 3.63) is 33.9 Å². The van der Waals surface area contributed by atoms with Gasteiger partial charge in [0.15, 0.2) is 0 Å². The largest absolute Gasteiger partial charge is 0.184 e. The molecule has 0 amide bonds. The summed E-state index contributed by atoms with van der Waals surface area (Å²) in [6.07, 6.45) is 0. The molecule has 0 atom stereocenters. The summed E-state index contributed by atoms with van der Waals surface area (Å²) >= 11 is 2.26. The summed E-state index contributed by atoms with van der Waals surface area (Å²) in [5.41, 5.74) is 0. The molecule has 1 aromatic carbocycles. The van der Waals surface area contributed by atoms with Gasteiger partial charge in [-0.3, -0.25) is 0 Å². The average Bonchev–Trinajstić information content (AvgIpc) is 1.69. The number of hydrogen-bond donors (Lipinski definition) is 0. The van der Waals surface area contributed by atoms with Gasteiger partial charge >= 0.3 is 0 Å². The second kappa shape index (κ2) is 4.49. The van der Waals surface area contributed by atoms with E-state index in [1.165, 1.54) is 3.57 Å². The molecule has 0 unspecified atom stereocenters. The Bertz CT molecular complexity index is 138. The minimum absolute atomic E-state index is 0. The van der Waals surface area contributed by atoms with Crippen molar-refractivity contribution in [2.75, 3.05) is 0 Å². The van der Waals surface area contributed by atoms with Crippen LogP contribution in [0.2, 0.25) is 0 Å². The number of hydrogen-bond acceptors (Lipinski definition) is 0. The summed E-state index contributed by atoms with van der Waals surface area (Å²) in [6.45, 7) is 0. The minimum Gasteiger partial charge on any atom is -0.184 e. The molecular weight excluding hydrogens is 305 g/mol. The fraction of sp³-hybridized carbons (Fsp3) is 0. The first-order valence-corrected chi connectivity index (χ1v) is 3.09. The molecule has 0 nitrogen and oxygen atoms in total. The van der Waals surface area contributed by atoms with E-state index in [0.717, 1.165) is 0 Å². The summed E-state index contributed by atoms with van der Waals surface area (Å²) in [7, 11) is 0. The molecule has 0 aliphatic rings. The van der Waals surface area contributed by atoms with E-state index in [-0.39, 0.29) is 20.4 Å². The van der Waals surface area contributed by atoms with E-state index in [4.69, 9.17) is 0 Å².